The molecule has 1 amide bonds. The van der Waals surface area contributed by atoms with Gasteiger partial charge in [0.15, 0.2) is 5.13 Å². The molecule has 0 radical (unpaired) electrons. The van der Waals surface area contributed by atoms with Crippen molar-refractivity contribution in [2.45, 2.75) is 52.4 Å². The summed E-state index contributed by atoms with van der Waals surface area (Å²) in [5.41, 5.74) is 2.89. The summed E-state index contributed by atoms with van der Waals surface area (Å²) in [6.45, 7) is 10.6. The van der Waals surface area contributed by atoms with Gasteiger partial charge in [0, 0.05) is 25.0 Å². The lowest BCUT2D eigenvalue weighted by Crippen LogP contribution is -2.44. The number of benzene rings is 1. The van der Waals surface area contributed by atoms with Gasteiger partial charge in [0.1, 0.15) is 5.82 Å². The van der Waals surface area contributed by atoms with Gasteiger partial charge in [-0.25, -0.2) is 14.1 Å². The molecule has 0 saturated carbocycles. The molecule has 170 valence electrons. The highest BCUT2D eigenvalue weighted by atomic mass is 32.1. The summed E-state index contributed by atoms with van der Waals surface area (Å²) < 4.78 is 20.8. The third kappa shape index (κ3) is 5.06. The van der Waals surface area contributed by atoms with E-state index in [1.807, 2.05) is 19.2 Å². The first kappa shape index (κ1) is 22.6. The molecular formula is C23H28FN5O2S. The van der Waals surface area contributed by atoms with Crippen LogP contribution in [-0.2, 0) is 11.3 Å². The zero-order valence-corrected chi connectivity index (χ0v) is 19.5. The van der Waals surface area contributed by atoms with Crippen LogP contribution in [0, 0.1) is 5.82 Å². The summed E-state index contributed by atoms with van der Waals surface area (Å²) >= 11 is 1.41. The van der Waals surface area contributed by atoms with Crippen LogP contribution in [0.15, 0.2) is 35.8 Å². The average Bonchev–Trinajstić information content (AvgIpc) is 3.35. The molecule has 2 unspecified atom stereocenters. The van der Waals surface area contributed by atoms with E-state index in [4.69, 9.17) is 4.74 Å². The topological polar surface area (TPSA) is 72.3 Å². The summed E-state index contributed by atoms with van der Waals surface area (Å²) in [6, 6.07) is 6.06. The van der Waals surface area contributed by atoms with Crippen molar-refractivity contribution in [3.8, 4) is 5.69 Å². The van der Waals surface area contributed by atoms with Crippen molar-refractivity contribution >= 4 is 22.4 Å². The van der Waals surface area contributed by atoms with E-state index >= 15 is 0 Å². The Hall–Kier alpha value is -2.62. The highest BCUT2D eigenvalue weighted by Crippen LogP contribution is 2.25. The molecule has 0 spiro atoms. The summed E-state index contributed by atoms with van der Waals surface area (Å²) in [4.78, 5) is 20.0. The second-order valence-electron chi connectivity index (χ2n) is 8.54. The van der Waals surface area contributed by atoms with Crippen LogP contribution in [0.1, 0.15) is 55.4 Å². The highest BCUT2D eigenvalue weighted by molar-refractivity contribution is 7.14. The number of nitrogens with zero attached hydrogens (tertiary/aromatic N) is 4. The number of carbonyl (C=O) groups excluding carboxylic acids is 1. The molecular weight excluding hydrogens is 429 g/mol. The number of aromatic nitrogens is 3. The number of ether oxygens (including phenoxy) is 1. The first-order valence-corrected chi connectivity index (χ1v) is 11.7. The smallest absolute Gasteiger partial charge is 0.260 e. The molecule has 3 heterocycles. The van der Waals surface area contributed by atoms with Gasteiger partial charge in [0.25, 0.3) is 5.91 Å². The first-order chi connectivity index (χ1) is 15.3. The molecule has 0 bridgehead atoms. The Labute approximate surface area is 191 Å². The van der Waals surface area contributed by atoms with Gasteiger partial charge in [-0.05, 0) is 44.0 Å². The lowest BCUT2D eigenvalue weighted by Gasteiger charge is -2.34. The Bertz CT molecular complexity index is 1070. The lowest BCUT2D eigenvalue weighted by atomic mass is 10.1. The molecule has 4 rings (SSSR count). The van der Waals surface area contributed by atoms with Crippen molar-refractivity contribution in [2.24, 2.45) is 0 Å². The SMILES string of the molecule is CC1CN(Cc2csc(NC(=O)c3cnn(-c4ccc(F)cc4)c3C(C)C)n2)CC(C)O1. The molecule has 0 aliphatic carbocycles. The van der Waals surface area contributed by atoms with Crippen molar-refractivity contribution in [3.05, 3.63) is 58.6 Å². The molecule has 32 heavy (non-hydrogen) atoms. The third-order valence-corrected chi connectivity index (χ3v) is 6.13. The summed E-state index contributed by atoms with van der Waals surface area (Å²) in [5.74, 6) is -0.525. The van der Waals surface area contributed by atoms with Gasteiger partial charge in [-0.3, -0.25) is 15.0 Å². The zero-order chi connectivity index (χ0) is 22.8. The predicted octanol–water partition coefficient (Wildman–Crippen LogP) is 4.45. The standard InChI is InChI=1S/C23H28FN5O2S/c1-14(2)21-20(9-25-29(21)19-7-5-17(24)6-8-19)22(30)27-23-26-18(13-32-23)12-28-10-15(3)31-16(4)11-28/h5-9,13-16H,10-12H2,1-4H3,(H,26,27,30). The van der Waals surface area contributed by atoms with Gasteiger partial charge >= 0.3 is 0 Å². The quantitative estimate of drug-likeness (QED) is 0.592. The number of morpholine rings is 1. The van der Waals surface area contributed by atoms with E-state index < -0.39 is 0 Å². The van der Waals surface area contributed by atoms with Crippen molar-refractivity contribution in [3.63, 3.8) is 0 Å². The van der Waals surface area contributed by atoms with E-state index in [0.29, 0.717) is 16.4 Å². The molecule has 3 aromatic rings. The van der Waals surface area contributed by atoms with Crippen LogP contribution in [0.2, 0.25) is 0 Å². The van der Waals surface area contributed by atoms with Crippen molar-refractivity contribution in [1.82, 2.24) is 19.7 Å². The molecule has 1 N–H and O–H groups in total. The predicted molar refractivity (Wildman–Crippen MR) is 123 cm³/mol. The molecule has 1 aromatic carbocycles. The average molecular weight is 458 g/mol. The fraction of sp³-hybridized carbons (Fsp3) is 0.435. The van der Waals surface area contributed by atoms with E-state index in [1.54, 1.807) is 23.0 Å². The van der Waals surface area contributed by atoms with Crippen LogP contribution in [-0.4, -0.2) is 50.9 Å². The Morgan fingerprint density at radius 3 is 2.59 bits per heavy atom. The Morgan fingerprint density at radius 1 is 1.25 bits per heavy atom. The Morgan fingerprint density at radius 2 is 1.94 bits per heavy atom. The van der Waals surface area contributed by atoms with E-state index in [-0.39, 0.29) is 29.9 Å². The van der Waals surface area contributed by atoms with E-state index in [0.717, 1.165) is 31.0 Å². The Kier molecular flexibility index (Phi) is 6.68. The number of hydrogen-bond donors (Lipinski definition) is 1. The highest BCUT2D eigenvalue weighted by Gasteiger charge is 2.24. The number of anilines is 1. The monoisotopic (exact) mass is 457 g/mol. The van der Waals surface area contributed by atoms with Gasteiger partial charge in [0.05, 0.1) is 41.0 Å². The first-order valence-electron chi connectivity index (χ1n) is 10.8. The second-order valence-corrected chi connectivity index (χ2v) is 9.39. The van der Waals surface area contributed by atoms with E-state index in [1.165, 1.54) is 23.5 Å². The van der Waals surface area contributed by atoms with Gasteiger partial charge in [0.2, 0.25) is 0 Å². The fourth-order valence-electron chi connectivity index (χ4n) is 4.12. The van der Waals surface area contributed by atoms with Crippen LogP contribution in [0.4, 0.5) is 9.52 Å². The second kappa shape index (κ2) is 9.48. The van der Waals surface area contributed by atoms with Crippen LogP contribution in [0.25, 0.3) is 5.69 Å². The maximum absolute atomic E-state index is 13.3. The maximum Gasteiger partial charge on any atom is 0.260 e. The van der Waals surface area contributed by atoms with Gasteiger partial charge in [-0.2, -0.15) is 5.10 Å². The van der Waals surface area contributed by atoms with E-state index in [9.17, 15) is 9.18 Å². The molecule has 9 heteroatoms. The molecule has 2 aromatic heterocycles. The normalized spacial score (nSPS) is 19.4. The number of rotatable bonds is 6. The number of thiazole rings is 1. The van der Waals surface area contributed by atoms with Crippen LogP contribution in [0.5, 0.6) is 0 Å². The molecule has 1 aliphatic rings. The summed E-state index contributed by atoms with van der Waals surface area (Å²) in [6.07, 6.45) is 1.95. The van der Waals surface area contributed by atoms with Crippen molar-refractivity contribution in [1.29, 1.82) is 0 Å². The minimum atomic E-state index is -0.314. The van der Waals surface area contributed by atoms with Gasteiger partial charge in [-0.1, -0.05) is 13.8 Å². The fourth-order valence-corrected chi connectivity index (χ4v) is 4.82. The van der Waals surface area contributed by atoms with Crippen LogP contribution < -0.4 is 5.32 Å². The number of carbonyl (C=O) groups is 1. The molecule has 1 aliphatic heterocycles. The summed E-state index contributed by atoms with van der Waals surface area (Å²) in [7, 11) is 0. The van der Waals surface area contributed by atoms with Crippen molar-refractivity contribution in [2.75, 3.05) is 18.4 Å². The van der Waals surface area contributed by atoms with Gasteiger partial charge < -0.3 is 4.74 Å². The summed E-state index contributed by atoms with van der Waals surface area (Å²) in [5, 5.41) is 9.85. The molecule has 2 atom stereocenters. The van der Waals surface area contributed by atoms with Crippen LogP contribution >= 0.6 is 11.3 Å². The maximum atomic E-state index is 13.3. The molecule has 7 nitrogen and oxygen atoms in total. The van der Waals surface area contributed by atoms with Crippen LogP contribution in [0.3, 0.4) is 0 Å². The third-order valence-electron chi connectivity index (χ3n) is 5.32. The number of amides is 1. The van der Waals surface area contributed by atoms with Gasteiger partial charge in [-0.15, -0.1) is 11.3 Å². The Balaban J connectivity index is 1.48. The minimum Gasteiger partial charge on any atom is -0.373 e. The number of nitrogens with one attached hydrogen (secondary N) is 1. The van der Waals surface area contributed by atoms with E-state index in [2.05, 4.69) is 34.1 Å². The number of hydrogen-bond acceptors (Lipinski definition) is 6. The lowest BCUT2D eigenvalue weighted by molar-refractivity contribution is -0.0707. The minimum absolute atomic E-state index is 0.0421. The largest absolute Gasteiger partial charge is 0.373 e. The molecule has 1 fully saturated rings. The number of halogens is 1. The zero-order valence-electron chi connectivity index (χ0n) is 18.7. The van der Waals surface area contributed by atoms with Crippen molar-refractivity contribution < 1.29 is 13.9 Å². The molecule has 1 saturated heterocycles.